The summed E-state index contributed by atoms with van der Waals surface area (Å²) in [5.41, 5.74) is 6.02. The van der Waals surface area contributed by atoms with Crippen molar-refractivity contribution in [1.29, 1.82) is 0 Å². The molecule has 0 radical (unpaired) electrons. The van der Waals surface area contributed by atoms with Gasteiger partial charge in [-0.3, -0.25) is 9.59 Å². The summed E-state index contributed by atoms with van der Waals surface area (Å²) in [6.07, 6.45) is 5.15. The highest BCUT2D eigenvalue weighted by Gasteiger charge is 2.50. The van der Waals surface area contributed by atoms with Crippen molar-refractivity contribution >= 4 is 11.9 Å². The van der Waals surface area contributed by atoms with Gasteiger partial charge in [-0.15, -0.1) is 0 Å². The monoisotopic (exact) mass is 995 g/mol. The number of aliphatic hydroxyl groups excluding tert-OH is 9. The Bertz CT molecular complexity index is 1770. The number of aliphatic hydroxyl groups is 10. The zero-order chi connectivity index (χ0) is 51.2. The minimum absolute atomic E-state index is 0.0377. The molecule has 3 fully saturated rings. The molecule has 70 heavy (non-hydrogen) atoms. The predicted octanol–water partition coefficient (Wildman–Crippen LogP) is -0.476. The van der Waals surface area contributed by atoms with Crippen molar-refractivity contribution in [2.45, 2.75) is 169 Å². The van der Waals surface area contributed by atoms with Gasteiger partial charge in [-0.25, -0.2) is 0 Å². The summed E-state index contributed by atoms with van der Waals surface area (Å²) in [4.78, 5) is 26.4. The Kier molecular flexibility index (Phi) is 25.7. The zero-order valence-corrected chi connectivity index (χ0v) is 40.1. The molecule has 1 amide bonds. The number of ether oxygens (including phenoxy) is 6. The number of hydrogen-bond acceptors (Lipinski definition) is 19. The largest absolute Gasteiger partial charge is 0.462 e. The van der Waals surface area contributed by atoms with E-state index in [0.29, 0.717) is 13.2 Å². The molecular formula is C50H78N2O18. The molecule has 0 spiro atoms. The highest BCUT2D eigenvalue weighted by molar-refractivity contribution is 5.80. The van der Waals surface area contributed by atoms with Gasteiger partial charge in [0.15, 0.2) is 12.1 Å². The summed E-state index contributed by atoms with van der Waals surface area (Å²) in [7, 11) is 0. The normalized spacial score (nSPS) is 43.3. The van der Waals surface area contributed by atoms with Crippen LogP contribution in [0.3, 0.4) is 0 Å². The Morgan fingerprint density at radius 2 is 1.34 bits per heavy atom. The number of cyclic esters (lactones) is 1. The number of rotatable bonds is 5. The van der Waals surface area contributed by atoms with E-state index in [1.54, 1.807) is 61.6 Å². The first-order valence-corrected chi connectivity index (χ1v) is 24.2. The molecular weight excluding hydrogens is 917 g/mol. The lowest BCUT2D eigenvalue weighted by Gasteiger charge is -2.45. The molecule has 4 aliphatic rings. The standard InChI is InChI=1S/C50H78N2O18/c1-31-15-13-11-9-7-5-3-4-6-8-10-12-14-16-36(69-49-47(62)46(51)42(60)30-67-49)25-43-45(48(63)52-28-37-29-65-19-20-66-37)41(59)27-50(64,70-43)26-35(55)23-40(58)38(56)18-17-33(53)22-34(54)24-44(61)68-32(2)21-39(31)57/h3-16,31-43,45-47,49,53-60,62,64H,17-30,51H2,1-2H3,(H,52,63)/b4-3+,7-5+,8-6+,11-9+,12-10+,15-13+,16-14+/t31-,32-,33?,34?,35?,36?,37?,38+,39-,40?,41-,42+,43-,45+,46-,47-,49-,50?/m0/s1. The Morgan fingerprint density at radius 3 is 1.99 bits per heavy atom. The van der Waals surface area contributed by atoms with Gasteiger partial charge in [-0.05, 0) is 26.2 Å². The van der Waals surface area contributed by atoms with Gasteiger partial charge in [-0.1, -0.05) is 92.0 Å². The summed E-state index contributed by atoms with van der Waals surface area (Å²) < 4.78 is 34.5. The third-order valence-corrected chi connectivity index (χ3v) is 12.5. The number of esters is 1. The fraction of sp³-hybridized carbons (Fsp3) is 0.680. The van der Waals surface area contributed by atoms with Crippen LogP contribution in [0, 0.1) is 11.8 Å². The van der Waals surface area contributed by atoms with E-state index in [9.17, 15) is 60.7 Å². The van der Waals surface area contributed by atoms with Gasteiger partial charge in [0.1, 0.15) is 12.2 Å². The fourth-order valence-electron chi connectivity index (χ4n) is 8.50. The highest BCUT2D eigenvalue weighted by Crippen LogP contribution is 2.38. The molecule has 0 saturated carbocycles. The number of amides is 1. The maximum Gasteiger partial charge on any atom is 0.308 e. The van der Waals surface area contributed by atoms with Crippen LogP contribution < -0.4 is 11.1 Å². The average Bonchev–Trinajstić information content (AvgIpc) is 3.29. The SMILES string of the molecule is C[C@H]1C[C@H](O)[C@@H](C)/C=C/C=C/C=C/C=C/C=C/C=C/C=C/C(O[C@@H]2OC[C@@H](O)[C@H](N)[C@@H]2O)C[C@@H]2OC(O)(CC(O)CC(O)[C@H](O)CCC(O)CC(O)CC(=O)O1)C[C@H](O)[C@H]2C(=O)NCC1COCCO1. The van der Waals surface area contributed by atoms with E-state index in [1.165, 1.54) is 0 Å². The number of hydrogen-bond donors (Lipinski definition) is 12. The number of nitrogens with one attached hydrogen (secondary N) is 1. The van der Waals surface area contributed by atoms with Gasteiger partial charge >= 0.3 is 5.97 Å². The lowest BCUT2D eigenvalue weighted by molar-refractivity contribution is -0.304. The van der Waals surface area contributed by atoms with Crippen LogP contribution in [-0.4, -0.2) is 193 Å². The zero-order valence-electron chi connectivity index (χ0n) is 40.1. The molecule has 7 unspecified atom stereocenters. The van der Waals surface area contributed by atoms with Crippen LogP contribution in [0.15, 0.2) is 85.1 Å². The first-order chi connectivity index (χ1) is 33.3. The number of carbonyl (C=O) groups is 2. The lowest BCUT2D eigenvalue weighted by Crippen LogP contribution is -2.60. The Morgan fingerprint density at radius 1 is 0.700 bits per heavy atom. The summed E-state index contributed by atoms with van der Waals surface area (Å²) >= 11 is 0. The number of allylic oxidation sites excluding steroid dienone is 12. The van der Waals surface area contributed by atoms with E-state index in [0.717, 1.165) is 0 Å². The average molecular weight is 995 g/mol. The van der Waals surface area contributed by atoms with Crippen LogP contribution in [0.5, 0.6) is 0 Å². The molecule has 396 valence electrons. The van der Waals surface area contributed by atoms with Gasteiger partial charge in [0.2, 0.25) is 5.91 Å². The molecule has 2 bridgehead atoms. The van der Waals surface area contributed by atoms with Crippen molar-refractivity contribution in [1.82, 2.24) is 5.32 Å². The molecule has 0 aromatic carbocycles. The van der Waals surface area contributed by atoms with Crippen LogP contribution in [0.4, 0.5) is 0 Å². The molecule has 4 heterocycles. The summed E-state index contributed by atoms with van der Waals surface area (Å²) in [6, 6.07) is -1.12. The van der Waals surface area contributed by atoms with E-state index in [2.05, 4.69) is 5.32 Å². The Balaban J connectivity index is 1.57. The van der Waals surface area contributed by atoms with Crippen molar-refractivity contribution in [2.75, 3.05) is 33.0 Å². The van der Waals surface area contributed by atoms with Crippen molar-refractivity contribution < 1.29 is 89.1 Å². The van der Waals surface area contributed by atoms with Crippen molar-refractivity contribution in [3.05, 3.63) is 85.1 Å². The van der Waals surface area contributed by atoms with Crippen LogP contribution in [0.2, 0.25) is 0 Å². The third kappa shape index (κ3) is 20.9. The van der Waals surface area contributed by atoms with E-state index >= 15 is 0 Å². The van der Waals surface area contributed by atoms with Crippen LogP contribution in [-0.2, 0) is 38.0 Å². The molecule has 20 heteroatoms. The van der Waals surface area contributed by atoms with Crippen LogP contribution in [0.25, 0.3) is 0 Å². The van der Waals surface area contributed by atoms with E-state index in [4.69, 9.17) is 34.2 Å². The van der Waals surface area contributed by atoms with Crippen molar-refractivity contribution in [2.24, 2.45) is 17.6 Å². The van der Waals surface area contributed by atoms with Crippen LogP contribution >= 0.6 is 0 Å². The second kappa shape index (κ2) is 30.5. The smallest absolute Gasteiger partial charge is 0.308 e. The maximum atomic E-state index is 13.9. The molecule has 4 aliphatic heterocycles. The second-order valence-electron chi connectivity index (χ2n) is 18.7. The number of carbonyl (C=O) groups excluding carboxylic acids is 2. The van der Waals surface area contributed by atoms with Gasteiger partial charge in [0.25, 0.3) is 0 Å². The first kappa shape index (κ1) is 59.0. The fourth-order valence-corrected chi connectivity index (χ4v) is 8.50. The maximum absolute atomic E-state index is 13.9. The van der Waals surface area contributed by atoms with E-state index in [-0.39, 0.29) is 57.8 Å². The van der Waals surface area contributed by atoms with E-state index in [1.807, 2.05) is 37.3 Å². The predicted molar refractivity (Wildman–Crippen MR) is 254 cm³/mol. The molecule has 18 atom stereocenters. The van der Waals surface area contributed by atoms with E-state index < -0.39 is 141 Å². The van der Waals surface area contributed by atoms with Gasteiger partial charge in [-0.2, -0.15) is 0 Å². The molecule has 13 N–H and O–H groups in total. The topological polar surface area (TPSA) is 330 Å². The Labute approximate surface area is 410 Å². The first-order valence-electron chi connectivity index (χ1n) is 24.2. The second-order valence-corrected chi connectivity index (χ2v) is 18.7. The molecule has 3 saturated heterocycles. The Hall–Kier alpha value is -3.52. The van der Waals surface area contributed by atoms with Crippen molar-refractivity contribution in [3.63, 3.8) is 0 Å². The lowest BCUT2D eigenvalue weighted by atomic mass is 9.82. The molecule has 4 rings (SSSR count). The number of fused-ring (bicyclic) bond motifs is 2. The summed E-state index contributed by atoms with van der Waals surface area (Å²) in [5.74, 6) is -5.23. The van der Waals surface area contributed by atoms with Gasteiger partial charge in [0.05, 0.1) is 112 Å². The van der Waals surface area contributed by atoms with Gasteiger partial charge < -0.3 is 90.5 Å². The highest BCUT2D eigenvalue weighted by atomic mass is 16.7. The molecule has 0 aromatic rings. The molecule has 0 aromatic heterocycles. The molecule has 20 nitrogen and oxygen atoms in total. The number of nitrogens with two attached hydrogens (primary N) is 1. The third-order valence-electron chi connectivity index (χ3n) is 12.5. The van der Waals surface area contributed by atoms with Gasteiger partial charge in [0, 0.05) is 44.6 Å². The minimum Gasteiger partial charge on any atom is -0.462 e. The summed E-state index contributed by atoms with van der Waals surface area (Å²) in [6.45, 7) is 4.20. The minimum atomic E-state index is -2.29. The van der Waals surface area contributed by atoms with Crippen LogP contribution in [0.1, 0.15) is 71.6 Å². The quantitative estimate of drug-likeness (QED) is 0.155. The molecule has 0 aliphatic carbocycles. The van der Waals surface area contributed by atoms with Crippen molar-refractivity contribution in [3.8, 4) is 0 Å². The summed E-state index contributed by atoms with van der Waals surface area (Å²) in [5, 5.41) is 112.